The largest absolute Gasteiger partial charge is 0.481 e. The number of hydrogen-bond donors (Lipinski definition) is 2. The quantitative estimate of drug-likeness (QED) is 0.875. The van der Waals surface area contributed by atoms with E-state index in [1.165, 1.54) is 6.07 Å². The average molecular weight is 352 g/mol. The summed E-state index contributed by atoms with van der Waals surface area (Å²) in [4.78, 5) is 24.8. The zero-order valence-electron chi connectivity index (χ0n) is 13.9. The van der Waals surface area contributed by atoms with E-state index in [9.17, 15) is 18.4 Å². The second kappa shape index (κ2) is 7.37. The zero-order valence-corrected chi connectivity index (χ0v) is 13.9. The fourth-order valence-electron chi connectivity index (χ4n) is 3.62. The molecule has 1 aliphatic carbocycles. The highest BCUT2D eigenvalue weighted by molar-refractivity contribution is 5.75. The third kappa shape index (κ3) is 4.27. The summed E-state index contributed by atoms with van der Waals surface area (Å²) in [7, 11) is 0. The molecule has 0 spiro atoms. The highest BCUT2D eigenvalue weighted by atomic mass is 19.2. The first kappa shape index (κ1) is 17.6. The molecule has 1 saturated carbocycles. The van der Waals surface area contributed by atoms with Crippen molar-refractivity contribution < 1.29 is 23.5 Å². The monoisotopic (exact) mass is 352 g/mol. The first-order chi connectivity index (χ1) is 11.9. The van der Waals surface area contributed by atoms with Gasteiger partial charge in [0, 0.05) is 19.1 Å². The van der Waals surface area contributed by atoms with Crippen LogP contribution in [0.4, 0.5) is 13.6 Å². The maximum absolute atomic E-state index is 13.2. The van der Waals surface area contributed by atoms with Crippen molar-refractivity contribution >= 4 is 12.0 Å². The van der Waals surface area contributed by atoms with Crippen LogP contribution in [0.3, 0.4) is 0 Å². The van der Waals surface area contributed by atoms with Crippen LogP contribution in [-0.4, -0.2) is 41.1 Å². The highest BCUT2D eigenvalue weighted by Crippen LogP contribution is 2.26. The van der Waals surface area contributed by atoms with Crippen LogP contribution in [0.5, 0.6) is 0 Å². The van der Waals surface area contributed by atoms with Crippen LogP contribution in [0.15, 0.2) is 18.2 Å². The summed E-state index contributed by atoms with van der Waals surface area (Å²) in [5.41, 5.74) is 0.732. The number of nitrogens with zero attached hydrogens (tertiary/aromatic N) is 1. The Labute approximate surface area is 145 Å². The molecule has 2 N–H and O–H groups in total. The molecule has 136 valence electrons. The summed E-state index contributed by atoms with van der Waals surface area (Å²) in [6.07, 6.45) is 3.19. The molecule has 1 aromatic rings. The van der Waals surface area contributed by atoms with Gasteiger partial charge in [0.1, 0.15) is 0 Å². The number of urea groups is 1. The van der Waals surface area contributed by atoms with Gasteiger partial charge in [0.25, 0.3) is 0 Å². The molecule has 3 rings (SSSR count). The molecule has 1 aliphatic heterocycles. The number of rotatable bonds is 4. The number of carboxylic acid groups (broad SMARTS) is 1. The lowest BCUT2D eigenvalue weighted by Crippen LogP contribution is -2.56. The van der Waals surface area contributed by atoms with Crippen LogP contribution in [-0.2, 0) is 11.2 Å². The molecule has 0 unspecified atom stereocenters. The van der Waals surface area contributed by atoms with Crippen LogP contribution in [0.25, 0.3) is 0 Å². The average Bonchev–Trinajstić information content (AvgIpc) is 2.54. The number of hydrogen-bond acceptors (Lipinski definition) is 2. The lowest BCUT2D eigenvalue weighted by Gasteiger charge is -2.40. The van der Waals surface area contributed by atoms with Gasteiger partial charge >= 0.3 is 12.0 Å². The van der Waals surface area contributed by atoms with Crippen molar-refractivity contribution in [2.75, 3.05) is 13.1 Å². The molecule has 1 heterocycles. The summed E-state index contributed by atoms with van der Waals surface area (Å²) in [5.74, 6) is -2.50. The second-order valence-corrected chi connectivity index (χ2v) is 7.06. The summed E-state index contributed by atoms with van der Waals surface area (Å²) >= 11 is 0. The lowest BCUT2D eigenvalue weighted by atomic mass is 9.86. The minimum Gasteiger partial charge on any atom is -0.481 e. The molecule has 5 nitrogen and oxygen atoms in total. The Bertz CT molecular complexity index is 654. The van der Waals surface area contributed by atoms with Gasteiger partial charge in [-0.3, -0.25) is 4.79 Å². The number of halogens is 2. The van der Waals surface area contributed by atoms with Gasteiger partial charge in [-0.1, -0.05) is 6.07 Å². The fraction of sp³-hybridized carbons (Fsp3) is 0.556. The first-order valence-corrected chi connectivity index (χ1v) is 8.64. The van der Waals surface area contributed by atoms with Crippen molar-refractivity contribution in [2.24, 2.45) is 11.8 Å². The van der Waals surface area contributed by atoms with Gasteiger partial charge in [0.2, 0.25) is 0 Å². The molecule has 25 heavy (non-hydrogen) atoms. The van der Waals surface area contributed by atoms with E-state index in [0.29, 0.717) is 45.2 Å². The van der Waals surface area contributed by atoms with Crippen molar-refractivity contribution in [1.29, 1.82) is 0 Å². The standard InChI is InChI=1S/C18H22F2N2O3/c19-15-6-1-11(8-16(15)20)7-12-9-22(10-12)18(25)21-14-4-2-13(3-5-14)17(23)24/h1,6,8,12-14H,2-5,7,9-10H2,(H,21,25)(H,23,24). The summed E-state index contributed by atoms with van der Waals surface area (Å²) in [6.45, 7) is 1.19. The van der Waals surface area contributed by atoms with Crippen LogP contribution in [0.2, 0.25) is 0 Å². The van der Waals surface area contributed by atoms with Gasteiger partial charge in [0.05, 0.1) is 5.92 Å². The number of carbonyl (C=O) groups is 2. The van der Waals surface area contributed by atoms with Crippen LogP contribution in [0.1, 0.15) is 31.2 Å². The Morgan fingerprint density at radius 1 is 1.12 bits per heavy atom. The Hall–Kier alpha value is -2.18. The van der Waals surface area contributed by atoms with Gasteiger partial charge in [0.15, 0.2) is 11.6 Å². The van der Waals surface area contributed by atoms with Gasteiger partial charge in [-0.25, -0.2) is 13.6 Å². The third-order valence-electron chi connectivity index (χ3n) is 5.16. The van der Waals surface area contributed by atoms with Crippen molar-refractivity contribution in [1.82, 2.24) is 10.2 Å². The van der Waals surface area contributed by atoms with E-state index < -0.39 is 17.6 Å². The summed E-state index contributed by atoms with van der Waals surface area (Å²) in [5, 5.41) is 12.0. The molecule has 1 aromatic carbocycles. The SMILES string of the molecule is O=C(O)C1CCC(NC(=O)N2CC(Cc3ccc(F)c(F)c3)C2)CC1. The van der Waals surface area contributed by atoms with Crippen molar-refractivity contribution in [2.45, 2.75) is 38.1 Å². The maximum atomic E-state index is 13.2. The van der Waals surface area contributed by atoms with Gasteiger partial charge < -0.3 is 15.3 Å². The van der Waals surface area contributed by atoms with E-state index in [-0.39, 0.29) is 23.9 Å². The Morgan fingerprint density at radius 2 is 1.80 bits per heavy atom. The Balaban J connectivity index is 1.40. The molecule has 0 aromatic heterocycles. The minimum absolute atomic E-state index is 0.0355. The van der Waals surface area contributed by atoms with E-state index >= 15 is 0 Å². The van der Waals surface area contributed by atoms with Gasteiger partial charge in [-0.05, 0) is 55.7 Å². The van der Waals surface area contributed by atoms with E-state index in [0.717, 1.165) is 11.6 Å². The van der Waals surface area contributed by atoms with Crippen molar-refractivity contribution in [3.8, 4) is 0 Å². The molecule has 0 atom stereocenters. The molecule has 2 aliphatic rings. The molecule has 0 radical (unpaired) electrons. The Morgan fingerprint density at radius 3 is 2.40 bits per heavy atom. The van der Waals surface area contributed by atoms with E-state index in [2.05, 4.69) is 5.32 Å². The van der Waals surface area contributed by atoms with Crippen molar-refractivity contribution in [3.63, 3.8) is 0 Å². The van der Waals surface area contributed by atoms with Crippen LogP contribution < -0.4 is 5.32 Å². The Kier molecular flexibility index (Phi) is 5.20. The van der Waals surface area contributed by atoms with Gasteiger partial charge in [-0.15, -0.1) is 0 Å². The van der Waals surface area contributed by atoms with Crippen LogP contribution in [0, 0.1) is 23.5 Å². The molecule has 2 fully saturated rings. The number of carbonyl (C=O) groups excluding carboxylic acids is 1. The molecule has 2 amide bonds. The number of nitrogens with one attached hydrogen (secondary N) is 1. The minimum atomic E-state index is -0.851. The first-order valence-electron chi connectivity index (χ1n) is 8.64. The topological polar surface area (TPSA) is 69.6 Å². The summed E-state index contributed by atoms with van der Waals surface area (Å²) in [6, 6.07) is 3.82. The predicted molar refractivity (Wildman–Crippen MR) is 87.0 cm³/mol. The molecule has 7 heteroatoms. The normalized spacial score (nSPS) is 23.8. The molecular formula is C18H22F2N2O3. The molecular weight excluding hydrogens is 330 g/mol. The molecule has 0 bridgehead atoms. The lowest BCUT2D eigenvalue weighted by molar-refractivity contribution is -0.142. The van der Waals surface area contributed by atoms with Crippen molar-refractivity contribution in [3.05, 3.63) is 35.4 Å². The predicted octanol–water partition coefficient (Wildman–Crippen LogP) is 2.79. The van der Waals surface area contributed by atoms with E-state index in [1.54, 1.807) is 11.0 Å². The maximum Gasteiger partial charge on any atom is 0.317 e. The van der Waals surface area contributed by atoms with Crippen LogP contribution >= 0.6 is 0 Å². The zero-order chi connectivity index (χ0) is 18.0. The summed E-state index contributed by atoms with van der Waals surface area (Å²) < 4.78 is 26.1. The number of benzene rings is 1. The highest BCUT2D eigenvalue weighted by Gasteiger charge is 2.33. The van der Waals surface area contributed by atoms with E-state index in [4.69, 9.17) is 5.11 Å². The number of likely N-dealkylation sites (tertiary alicyclic amines) is 1. The number of carboxylic acids is 1. The second-order valence-electron chi connectivity index (χ2n) is 7.06. The fourth-order valence-corrected chi connectivity index (χ4v) is 3.62. The molecule has 1 saturated heterocycles. The van der Waals surface area contributed by atoms with E-state index in [1.807, 2.05) is 0 Å². The van der Waals surface area contributed by atoms with Gasteiger partial charge in [-0.2, -0.15) is 0 Å². The smallest absolute Gasteiger partial charge is 0.317 e. The third-order valence-corrected chi connectivity index (χ3v) is 5.16. The number of amides is 2. The number of aliphatic carboxylic acids is 1.